The summed E-state index contributed by atoms with van der Waals surface area (Å²) in [6, 6.07) is 19.2. The van der Waals surface area contributed by atoms with Crippen LogP contribution in [0.15, 0.2) is 54.6 Å². The maximum absolute atomic E-state index is 5.60. The van der Waals surface area contributed by atoms with E-state index in [1.807, 2.05) is 24.3 Å². The second-order valence-electron chi connectivity index (χ2n) is 7.62. The number of rotatable bonds is 6. The van der Waals surface area contributed by atoms with Crippen molar-refractivity contribution in [2.24, 2.45) is 0 Å². The van der Waals surface area contributed by atoms with Gasteiger partial charge in [-0.3, -0.25) is 0 Å². The summed E-state index contributed by atoms with van der Waals surface area (Å²) in [6.45, 7) is 7.00. The third-order valence-electron chi connectivity index (χ3n) is 5.55. The van der Waals surface area contributed by atoms with Gasteiger partial charge < -0.3 is 25.2 Å². The summed E-state index contributed by atoms with van der Waals surface area (Å²) >= 11 is 5.60. The van der Waals surface area contributed by atoms with Gasteiger partial charge in [-0.1, -0.05) is 30.3 Å². The fraction of sp³-hybridized carbons (Fsp3) is 0.409. The van der Waals surface area contributed by atoms with Crippen molar-refractivity contribution in [3.63, 3.8) is 0 Å². The van der Waals surface area contributed by atoms with Crippen LogP contribution in [-0.4, -0.2) is 51.5 Å². The number of thiocarbonyl (C=S) groups is 1. The maximum Gasteiger partial charge on any atom is 0.171 e. The topological polar surface area (TPSA) is 42.2 Å². The number of hydrogen-bond acceptors (Lipinski definition) is 2. The highest BCUT2D eigenvalue weighted by molar-refractivity contribution is 7.80. The van der Waals surface area contributed by atoms with E-state index in [9.17, 15) is 0 Å². The molecule has 1 aliphatic heterocycles. The zero-order chi connectivity index (χ0) is 19.9. The minimum absolute atomic E-state index is 0.217. The predicted molar refractivity (Wildman–Crippen MR) is 118 cm³/mol. The van der Waals surface area contributed by atoms with Crippen LogP contribution in [0.25, 0.3) is 0 Å². The van der Waals surface area contributed by atoms with Crippen LogP contribution in [0.1, 0.15) is 18.5 Å². The molecule has 150 valence electrons. The van der Waals surface area contributed by atoms with Gasteiger partial charge in [0, 0.05) is 11.3 Å². The molecule has 0 aliphatic carbocycles. The van der Waals surface area contributed by atoms with E-state index in [0.717, 1.165) is 11.4 Å². The summed E-state index contributed by atoms with van der Waals surface area (Å²) in [5.41, 5.74) is 2.32. The third-order valence-corrected chi connectivity index (χ3v) is 5.77. The Morgan fingerprint density at radius 2 is 1.64 bits per heavy atom. The van der Waals surface area contributed by atoms with Gasteiger partial charge in [0.05, 0.1) is 20.2 Å². The minimum Gasteiger partial charge on any atom is -0.497 e. The molecule has 2 aromatic carbocycles. The number of ether oxygens (including phenoxy) is 1. The van der Waals surface area contributed by atoms with Crippen LogP contribution in [0.3, 0.4) is 0 Å². The molecular weight excluding hydrogens is 368 g/mol. The molecule has 0 aromatic heterocycles. The number of anilines is 1. The van der Waals surface area contributed by atoms with E-state index in [4.69, 9.17) is 17.0 Å². The van der Waals surface area contributed by atoms with Gasteiger partial charge in [-0.15, -0.1) is 0 Å². The summed E-state index contributed by atoms with van der Waals surface area (Å²) < 4.78 is 5.21. The summed E-state index contributed by atoms with van der Waals surface area (Å²) in [5.74, 6) is 0.836. The standard InChI is InChI=1S/C22H30N4OS/c1-17(23-22(28)24-19-9-11-20(27-3)12-10-19)21(18-7-5-4-6-8-18)26-15-13-25(2)14-16-26/h4-12,17,21H,13-16H2,1-3H3,(H2,23,24,28)/p+2/t17-,21+/m0/s1. The summed E-state index contributed by atoms with van der Waals surface area (Å²) in [5, 5.41) is 7.47. The number of likely N-dealkylation sites (N-methyl/N-ethyl adjacent to an activating group) is 1. The van der Waals surface area contributed by atoms with Gasteiger partial charge in [0.15, 0.2) is 5.11 Å². The zero-order valence-electron chi connectivity index (χ0n) is 17.0. The molecule has 2 aromatic rings. The van der Waals surface area contributed by atoms with Crippen molar-refractivity contribution in [3.8, 4) is 5.75 Å². The van der Waals surface area contributed by atoms with E-state index in [-0.39, 0.29) is 6.04 Å². The molecule has 0 unspecified atom stereocenters. The fourth-order valence-electron chi connectivity index (χ4n) is 3.98. The number of benzene rings is 2. The van der Waals surface area contributed by atoms with Crippen molar-refractivity contribution in [3.05, 3.63) is 60.2 Å². The van der Waals surface area contributed by atoms with Gasteiger partial charge in [0.1, 0.15) is 38.0 Å². The summed E-state index contributed by atoms with van der Waals surface area (Å²) in [7, 11) is 3.95. The highest BCUT2D eigenvalue weighted by atomic mass is 32.1. The van der Waals surface area contributed by atoms with E-state index in [0.29, 0.717) is 11.2 Å². The fourth-order valence-corrected chi connectivity index (χ4v) is 4.28. The second-order valence-corrected chi connectivity index (χ2v) is 8.03. The van der Waals surface area contributed by atoms with Crippen molar-refractivity contribution in [1.82, 2.24) is 5.32 Å². The van der Waals surface area contributed by atoms with Crippen LogP contribution in [0, 0.1) is 0 Å². The number of quaternary nitrogens is 2. The molecule has 1 fully saturated rings. The molecule has 1 aliphatic rings. The lowest BCUT2D eigenvalue weighted by Gasteiger charge is -2.37. The van der Waals surface area contributed by atoms with Crippen molar-refractivity contribution in [2.45, 2.75) is 19.0 Å². The first kappa shape index (κ1) is 20.6. The lowest BCUT2D eigenvalue weighted by Crippen LogP contribution is -3.27. The molecule has 6 heteroatoms. The van der Waals surface area contributed by atoms with Gasteiger partial charge in [0.2, 0.25) is 0 Å². The minimum atomic E-state index is 0.217. The van der Waals surface area contributed by atoms with Crippen LogP contribution >= 0.6 is 12.2 Å². The lowest BCUT2D eigenvalue weighted by atomic mass is 9.98. The molecule has 2 atom stereocenters. The zero-order valence-corrected chi connectivity index (χ0v) is 17.8. The molecule has 0 amide bonds. The first-order valence-electron chi connectivity index (χ1n) is 9.99. The smallest absolute Gasteiger partial charge is 0.171 e. The van der Waals surface area contributed by atoms with Gasteiger partial charge in [-0.2, -0.15) is 0 Å². The molecule has 4 N–H and O–H groups in total. The predicted octanol–water partition coefficient (Wildman–Crippen LogP) is 0.525. The average molecular weight is 401 g/mol. The Morgan fingerprint density at radius 3 is 2.25 bits per heavy atom. The molecule has 1 heterocycles. The Bertz CT molecular complexity index is 745. The Kier molecular flexibility index (Phi) is 7.25. The first-order chi connectivity index (χ1) is 13.6. The van der Waals surface area contributed by atoms with Crippen molar-refractivity contribution in [2.75, 3.05) is 45.7 Å². The van der Waals surface area contributed by atoms with Gasteiger partial charge in [-0.05, 0) is 43.4 Å². The SMILES string of the molecule is COc1ccc(NC(=S)N[C@@H](C)[C@H](c2ccccc2)[NH+]2CC[NH+](C)CC2)cc1. The van der Waals surface area contributed by atoms with Crippen LogP contribution in [0.4, 0.5) is 5.69 Å². The van der Waals surface area contributed by atoms with Gasteiger partial charge in [0.25, 0.3) is 0 Å². The Labute approximate surface area is 173 Å². The van der Waals surface area contributed by atoms with E-state index in [1.165, 1.54) is 31.7 Å². The summed E-state index contributed by atoms with van der Waals surface area (Å²) in [4.78, 5) is 3.25. The van der Waals surface area contributed by atoms with E-state index < -0.39 is 0 Å². The molecule has 5 nitrogen and oxygen atoms in total. The van der Waals surface area contributed by atoms with E-state index in [1.54, 1.807) is 16.9 Å². The first-order valence-corrected chi connectivity index (χ1v) is 10.4. The maximum atomic E-state index is 5.60. The molecule has 0 spiro atoms. The van der Waals surface area contributed by atoms with Crippen molar-refractivity contribution in [1.29, 1.82) is 0 Å². The molecule has 0 bridgehead atoms. The lowest BCUT2D eigenvalue weighted by molar-refractivity contribution is -1.02. The summed E-state index contributed by atoms with van der Waals surface area (Å²) in [6.07, 6.45) is 0. The second kappa shape index (κ2) is 9.87. The monoisotopic (exact) mass is 400 g/mol. The molecule has 1 saturated heterocycles. The molecule has 28 heavy (non-hydrogen) atoms. The molecule has 0 saturated carbocycles. The normalized spacial score (nSPS) is 21.4. The number of hydrogen-bond donors (Lipinski definition) is 4. The third kappa shape index (κ3) is 5.44. The largest absolute Gasteiger partial charge is 0.497 e. The quantitative estimate of drug-likeness (QED) is 0.534. The van der Waals surface area contributed by atoms with Crippen LogP contribution in [-0.2, 0) is 0 Å². The Hall–Kier alpha value is -2.15. The van der Waals surface area contributed by atoms with Gasteiger partial charge in [-0.25, -0.2) is 0 Å². The highest BCUT2D eigenvalue weighted by Gasteiger charge is 2.33. The van der Waals surface area contributed by atoms with Crippen LogP contribution < -0.4 is 25.2 Å². The average Bonchev–Trinajstić information content (AvgIpc) is 2.71. The van der Waals surface area contributed by atoms with Crippen LogP contribution in [0.5, 0.6) is 5.75 Å². The van der Waals surface area contributed by atoms with Crippen molar-refractivity contribution >= 4 is 23.0 Å². The molecule has 0 radical (unpaired) electrons. The highest BCUT2D eigenvalue weighted by Crippen LogP contribution is 2.16. The number of methoxy groups -OCH3 is 1. The molecule has 3 rings (SSSR count). The van der Waals surface area contributed by atoms with Crippen molar-refractivity contribution < 1.29 is 14.5 Å². The Morgan fingerprint density at radius 1 is 1.00 bits per heavy atom. The van der Waals surface area contributed by atoms with Gasteiger partial charge >= 0.3 is 0 Å². The Balaban J connectivity index is 1.67. The van der Waals surface area contributed by atoms with E-state index >= 15 is 0 Å². The van der Waals surface area contributed by atoms with Crippen LogP contribution in [0.2, 0.25) is 0 Å². The number of piperazine rings is 1. The number of nitrogens with one attached hydrogen (secondary N) is 4. The molecular formula is C22H32N4OS+2. The van der Waals surface area contributed by atoms with E-state index in [2.05, 4.69) is 54.9 Å².